The molecular formula is C21H33N3O2. The van der Waals surface area contributed by atoms with Crippen molar-refractivity contribution in [3.63, 3.8) is 0 Å². The van der Waals surface area contributed by atoms with Gasteiger partial charge in [-0.3, -0.25) is 9.69 Å². The average Bonchev–Trinajstić information content (AvgIpc) is 2.68. The molecule has 144 valence electrons. The summed E-state index contributed by atoms with van der Waals surface area (Å²) in [6.07, 6.45) is 3.67. The topological polar surface area (TPSA) is 44.8 Å². The summed E-state index contributed by atoms with van der Waals surface area (Å²) in [5, 5.41) is 3.39. The first-order valence-electron chi connectivity index (χ1n) is 10.1. The van der Waals surface area contributed by atoms with E-state index >= 15 is 0 Å². The van der Waals surface area contributed by atoms with Crippen LogP contribution in [0.4, 0.5) is 0 Å². The van der Waals surface area contributed by atoms with Crippen molar-refractivity contribution in [2.24, 2.45) is 0 Å². The van der Waals surface area contributed by atoms with Gasteiger partial charge in [-0.2, -0.15) is 0 Å². The highest BCUT2D eigenvalue weighted by Crippen LogP contribution is 2.18. The summed E-state index contributed by atoms with van der Waals surface area (Å²) in [7, 11) is 0. The fraction of sp³-hybridized carbons (Fsp3) is 0.667. The van der Waals surface area contributed by atoms with Gasteiger partial charge in [0.2, 0.25) is 5.91 Å². The van der Waals surface area contributed by atoms with E-state index in [0.717, 1.165) is 58.5 Å². The van der Waals surface area contributed by atoms with Crippen molar-refractivity contribution < 1.29 is 9.53 Å². The first-order valence-corrected chi connectivity index (χ1v) is 10.1. The molecule has 1 aromatic carbocycles. The van der Waals surface area contributed by atoms with Crippen molar-refractivity contribution >= 4 is 5.91 Å². The maximum atomic E-state index is 13.0. The second-order valence-electron chi connectivity index (χ2n) is 7.49. The molecule has 5 nitrogen and oxygen atoms in total. The Balaban J connectivity index is 1.53. The van der Waals surface area contributed by atoms with Crippen LogP contribution in [0, 0.1) is 0 Å². The minimum absolute atomic E-state index is 0.0148. The second kappa shape index (κ2) is 10.0. The molecule has 0 bridgehead atoms. The third kappa shape index (κ3) is 5.53. The fourth-order valence-corrected chi connectivity index (χ4v) is 4.07. The fourth-order valence-electron chi connectivity index (χ4n) is 4.07. The molecule has 0 spiro atoms. The summed E-state index contributed by atoms with van der Waals surface area (Å²) in [6, 6.07) is 10.9. The zero-order valence-corrected chi connectivity index (χ0v) is 16.0. The van der Waals surface area contributed by atoms with Crippen molar-refractivity contribution in [2.45, 2.75) is 51.3 Å². The van der Waals surface area contributed by atoms with Gasteiger partial charge in [-0.05, 0) is 37.9 Å². The Morgan fingerprint density at radius 1 is 1.27 bits per heavy atom. The van der Waals surface area contributed by atoms with Crippen molar-refractivity contribution in [2.75, 3.05) is 39.3 Å². The largest absolute Gasteiger partial charge is 0.375 e. The van der Waals surface area contributed by atoms with Gasteiger partial charge in [-0.15, -0.1) is 0 Å². The number of carbonyl (C=O) groups excluding carboxylic acids is 1. The molecule has 0 saturated carbocycles. The lowest BCUT2D eigenvalue weighted by molar-refractivity contribution is -0.139. The molecule has 1 amide bonds. The molecule has 3 rings (SSSR count). The number of hydrogen-bond acceptors (Lipinski definition) is 4. The van der Waals surface area contributed by atoms with Gasteiger partial charge in [-0.1, -0.05) is 37.3 Å². The summed E-state index contributed by atoms with van der Waals surface area (Å²) in [5.41, 5.74) is 1.32. The van der Waals surface area contributed by atoms with Gasteiger partial charge >= 0.3 is 0 Å². The predicted molar refractivity (Wildman–Crippen MR) is 104 cm³/mol. The SMILES string of the molecule is CCCN(C(=O)CC1CN(Cc2ccccc2)CCO1)C1CCNCC1. The number of amides is 1. The number of morpholine rings is 1. The maximum Gasteiger partial charge on any atom is 0.225 e. The molecule has 2 fully saturated rings. The van der Waals surface area contributed by atoms with Crippen LogP contribution in [0.2, 0.25) is 0 Å². The Morgan fingerprint density at radius 3 is 2.77 bits per heavy atom. The van der Waals surface area contributed by atoms with Crippen LogP contribution < -0.4 is 5.32 Å². The van der Waals surface area contributed by atoms with E-state index in [1.165, 1.54) is 5.56 Å². The van der Waals surface area contributed by atoms with E-state index in [1.54, 1.807) is 0 Å². The number of nitrogens with zero attached hydrogens (tertiary/aromatic N) is 2. The summed E-state index contributed by atoms with van der Waals surface area (Å²) in [4.78, 5) is 17.5. The van der Waals surface area contributed by atoms with Gasteiger partial charge in [0, 0.05) is 32.2 Å². The quantitative estimate of drug-likeness (QED) is 0.811. The van der Waals surface area contributed by atoms with Crippen LogP contribution in [0.25, 0.3) is 0 Å². The summed E-state index contributed by atoms with van der Waals surface area (Å²) in [6.45, 7) is 8.48. The van der Waals surface area contributed by atoms with Gasteiger partial charge < -0.3 is 15.0 Å². The number of nitrogens with one attached hydrogen (secondary N) is 1. The summed E-state index contributed by atoms with van der Waals surface area (Å²) < 4.78 is 5.93. The number of piperidine rings is 1. The minimum Gasteiger partial charge on any atom is -0.375 e. The number of benzene rings is 1. The van der Waals surface area contributed by atoms with E-state index in [9.17, 15) is 4.79 Å². The first-order chi connectivity index (χ1) is 12.8. The third-order valence-corrected chi connectivity index (χ3v) is 5.41. The van der Waals surface area contributed by atoms with E-state index in [2.05, 4.69) is 46.3 Å². The molecule has 2 aliphatic rings. The predicted octanol–water partition coefficient (Wildman–Crippen LogP) is 2.27. The lowest BCUT2D eigenvalue weighted by Gasteiger charge is -2.37. The van der Waals surface area contributed by atoms with Gasteiger partial charge in [0.15, 0.2) is 0 Å². The molecular weight excluding hydrogens is 326 g/mol. The van der Waals surface area contributed by atoms with Crippen LogP contribution in [-0.4, -0.2) is 67.2 Å². The molecule has 1 atom stereocenters. The van der Waals surface area contributed by atoms with Crippen molar-refractivity contribution in [1.29, 1.82) is 0 Å². The van der Waals surface area contributed by atoms with Crippen molar-refractivity contribution in [3.05, 3.63) is 35.9 Å². The molecule has 0 radical (unpaired) electrons. The Morgan fingerprint density at radius 2 is 2.04 bits per heavy atom. The van der Waals surface area contributed by atoms with E-state index in [1.807, 2.05) is 6.07 Å². The van der Waals surface area contributed by atoms with Crippen LogP contribution in [0.1, 0.15) is 38.2 Å². The van der Waals surface area contributed by atoms with Crippen LogP contribution in [0.3, 0.4) is 0 Å². The Labute approximate surface area is 157 Å². The number of rotatable bonds is 7. The molecule has 0 aromatic heterocycles. The molecule has 1 N–H and O–H groups in total. The van der Waals surface area contributed by atoms with Crippen LogP contribution >= 0.6 is 0 Å². The Bertz CT molecular complexity index is 545. The van der Waals surface area contributed by atoms with Crippen LogP contribution in [0.15, 0.2) is 30.3 Å². The normalized spacial score (nSPS) is 22.3. The molecule has 2 saturated heterocycles. The molecule has 2 heterocycles. The summed E-state index contributed by atoms with van der Waals surface area (Å²) in [5.74, 6) is 0.269. The van der Waals surface area contributed by atoms with Crippen molar-refractivity contribution in [3.8, 4) is 0 Å². The highest BCUT2D eigenvalue weighted by atomic mass is 16.5. The smallest absolute Gasteiger partial charge is 0.225 e. The van der Waals surface area contributed by atoms with E-state index < -0.39 is 0 Å². The molecule has 5 heteroatoms. The summed E-state index contributed by atoms with van der Waals surface area (Å²) >= 11 is 0. The maximum absolute atomic E-state index is 13.0. The highest BCUT2D eigenvalue weighted by Gasteiger charge is 2.29. The van der Waals surface area contributed by atoms with Crippen LogP contribution in [-0.2, 0) is 16.1 Å². The minimum atomic E-state index is 0.0148. The zero-order valence-electron chi connectivity index (χ0n) is 16.0. The third-order valence-electron chi connectivity index (χ3n) is 5.41. The number of hydrogen-bond donors (Lipinski definition) is 1. The van der Waals surface area contributed by atoms with Gasteiger partial charge in [-0.25, -0.2) is 0 Å². The zero-order chi connectivity index (χ0) is 18.2. The lowest BCUT2D eigenvalue weighted by atomic mass is 10.0. The molecule has 2 aliphatic heterocycles. The molecule has 26 heavy (non-hydrogen) atoms. The average molecular weight is 360 g/mol. The standard InChI is InChI=1S/C21H33N3O2/c1-2-12-24(19-8-10-22-11-9-19)21(25)15-20-17-23(13-14-26-20)16-18-6-4-3-5-7-18/h3-7,19-20,22H,2,8-17H2,1H3. The number of carbonyl (C=O) groups is 1. The van der Waals surface area contributed by atoms with Crippen LogP contribution in [0.5, 0.6) is 0 Å². The Hall–Kier alpha value is -1.43. The first kappa shape index (κ1) is 19.3. The van der Waals surface area contributed by atoms with Crippen molar-refractivity contribution in [1.82, 2.24) is 15.1 Å². The monoisotopic (exact) mass is 359 g/mol. The second-order valence-corrected chi connectivity index (χ2v) is 7.49. The van der Waals surface area contributed by atoms with E-state index in [4.69, 9.17) is 4.74 Å². The van der Waals surface area contributed by atoms with E-state index in [-0.39, 0.29) is 12.0 Å². The van der Waals surface area contributed by atoms with Gasteiger partial charge in [0.1, 0.15) is 0 Å². The Kier molecular flexibility index (Phi) is 7.47. The van der Waals surface area contributed by atoms with Gasteiger partial charge in [0.05, 0.1) is 19.1 Å². The molecule has 1 aromatic rings. The molecule has 0 aliphatic carbocycles. The van der Waals surface area contributed by atoms with E-state index in [0.29, 0.717) is 19.1 Å². The lowest BCUT2D eigenvalue weighted by Crippen LogP contribution is -2.49. The highest BCUT2D eigenvalue weighted by molar-refractivity contribution is 5.77. The molecule has 1 unspecified atom stereocenters. The van der Waals surface area contributed by atoms with Gasteiger partial charge in [0.25, 0.3) is 0 Å². The number of ether oxygens (including phenoxy) is 1.